The van der Waals surface area contributed by atoms with Crippen molar-refractivity contribution in [1.82, 2.24) is 5.32 Å². The number of carbonyl (C=O) groups excluding carboxylic acids is 1. The van der Waals surface area contributed by atoms with Crippen molar-refractivity contribution in [1.29, 1.82) is 0 Å². The van der Waals surface area contributed by atoms with Gasteiger partial charge in [0.1, 0.15) is 0 Å². The van der Waals surface area contributed by atoms with Gasteiger partial charge in [-0.2, -0.15) is 5.23 Å². The second-order valence-electron chi connectivity index (χ2n) is 4.79. The van der Waals surface area contributed by atoms with Crippen LogP contribution >= 0.6 is 0 Å². The summed E-state index contributed by atoms with van der Waals surface area (Å²) < 4.78 is 0. The Bertz CT molecular complexity index is 468. The van der Waals surface area contributed by atoms with Crippen LogP contribution in [0, 0.1) is 5.21 Å². The van der Waals surface area contributed by atoms with Gasteiger partial charge < -0.3 is 15.6 Å². The molecule has 0 aliphatic carbocycles. The molecule has 0 spiro atoms. The highest BCUT2D eigenvalue weighted by Gasteiger charge is 2.24. The average molecular weight is 268 g/mol. The highest BCUT2D eigenvalue weighted by atomic mass is 16.8. The molecule has 4 N–H and O–H groups in total. The molecule has 1 atom stereocenters. The molecule has 0 saturated carbocycles. The third-order valence-corrected chi connectivity index (χ3v) is 2.44. The van der Waals surface area contributed by atoms with Gasteiger partial charge in [0.15, 0.2) is 5.69 Å². The van der Waals surface area contributed by atoms with Gasteiger partial charge in [-0.25, -0.2) is 5.21 Å². The summed E-state index contributed by atoms with van der Waals surface area (Å²) in [6.07, 6.45) is -0.202. The summed E-state index contributed by atoms with van der Waals surface area (Å²) in [5, 5.41) is 29.6. The Morgan fingerprint density at radius 1 is 1.32 bits per heavy atom. The van der Waals surface area contributed by atoms with Crippen LogP contribution in [0.4, 0.5) is 5.69 Å². The Hall–Kier alpha value is -1.96. The van der Waals surface area contributed by atoms with Crippen molar-refractivity contribution in [3.63, 3.8) is 0 Å². The topological polar surface area (TPSA) is 114 Å². The minimum absolute atomic E-state index is 0.0846. The third-order valence-electron chi connectivity index (χ3n) is 2.44. The van der Waals surface area contributed by atoms with Crippen molar-refractivity contribution in [3.8, 4) is 0 Å². The van der Waals surface area contributed by atoms with Gasteiger partial charge in [-0.15, -0.1) is 0 Å². The molecule has 1 amide bonds. The lowest BCUT2D eigenvalue weighted by molar-refractivity contribution is -0.991. The zero-order valence-electron chi connectivity index (χ0n) is 10.6. The van der Waals surface area contributed by atoms with Crippen LogP contribution in [-0.4, -0.2) is 27.7 Å². The predicted molar refractivity (Wildman–Crippen MR) is 66.0 cm³/mol. The minimum atomic E-state index is -1.07. The van der Waals surface area contributed by atoms with E-state index in [-0.39, 0.29) is 17.7 Å². The standard InChI is InChI=1S/C12H16N2O5/c1-12(2,7-10(15)16)13-11(17)8-3-5-9(6-4-8)14(18)19/h3-6,14,18H,7H2,1-2H3,(H,13,17)(H,15,16). The van der Waals surface area contributed by atoms with Gasteiger partial charge in [-0.3, -0.25) is 9.59 Å². The van der Waals surface area contributed by atoms with E-state index in [2.05, 4.69) is 5.32 Å². The summed E-state index contributed by atoms with van der Waals surface area (Å²) in [7, 11) is 0. The maximum absolute atomic E-state index is 11.9. The molecule has 0 fully saturated rings. The maximum Gasteiger partial charge on any atom is 0.305 e. The molecule has 1 aromatic carbocycles. The number of hydrogen-bond donors (Lipinski definition) is 4. The number of rotatable bonds is 5. The molecule has 0 aliphatic heterocycles. The molecule has 1 unspecified atom stereocenters. The quantitative estimate of drug-likeness (QED) is 0.564. The van der Waals surface area contributed by atoms with Crippen molar-refractivity contribution >= 4 is 17.6 Å². The summed E-state index contributed by atoms with van der Waals surface area (Å²) in [5.74, 6) is -1.45. The summed E-state index contributed by atoms with van der Waals surface area (Å²) in [6.45, 7) is 3.20. The first kappa shape index (κ1) is 15.1. The molecular formula is C12H16N2O5. The van der Waals surface area contributed by atoms with Gasteiger partial charge in [-0.1, -0.05) is 0 Å². The van der Waals surface area contributed by atoms with E-state index in [0.29, 0.717) is 0 Å². The fourth-order valence-electron chi connectivity index (χ4n) is 1.57. The average Bonchev–Trinajstić information content (AvgIpc) is 2.26. The number of benzene rings is 1. The highest BCUT2D eigenvalue weighted by molar-refractivity contribution is 5.95. The molecule has 7 nitrogen and oxygen atoms in total. The molecule has 104 valence electrons. The van der Waals surface area contributed by atoms with E-state index in [4.69, 9.17) is 10.3 Å². The molecule has 0 aliphatic rings. The Morgan fingerprint density at radius 2 is 1.84 bits per heavy atom. The van der Waals surface area contributed by atoms with Gasteiger partial charge in [0.25, 0.3) is 5.91 Å². The van der Waals surface area contributed by atoms with Crippen LogP contribution in [0.5, 0.6) is 0 Å². The molecule has 0 bridgehead atoms. The summed E-state index contributed by atoms with van der Waals surface area (Å²) in [5.41, 5.74) is -0.515. The largest absolute Gasteiger partial charge is 0.595 e. The first-order chi connectivity index (χ1) is 8.71. The van der Waals surface area contributed by atoms with E-state index >= 15 is 0 Å². The lowest BCUT2D eigenvalue weighted by Crippen LogP contribution is -2.99. The fourth-order valence-corrected chi connectivity index (χ4v) is 1.57. The fraction of sp³-hybridized carbons (Fsp3) is 0.333. The van der Waals surface area contributed by atoms with E-state index < -0.39 is 22.6 Å². The second-order valence-corrected chi connectivity index (χ2v) is 4.79. The van der Waals surface area contributed by atoms with E-state index in [9.17, 15) is 14.8 Å². The van der Waals surface area contributed by atoms with Crippen LogP contribution in [0.2, 0.25) is 0 Å². The van der Waals surface area contributed by atoms with Crippen molar-refractivity contribution in [2.45, 2.75) is 25.8 Å². The number of amides is 1. The molecule has 0 aromatic heterocycles. The number of aliphatic carboxylic acids is 1. The predicted octanol–water partition coefficient (Wildman–Crippen LogP) is 0.0731. The van der Waals surface area contributed by atoms with E-state index in [0.717, 1.165) is 0 Å². The van der Waals surface area contributed by atoms with Crippen LogP contribution in [0.25, 0.3) is 0 Å². The van der Waals surface area contributed by atoms with Crippen LogP contribution in [-0.2, 0) is 4.79 Å². The Labute approximate surface area is 110 Å². The van der Waals surface area contributed by atoms with Gasteiger partial charge in [0.05, 0.1) is 6.42 Å². The SMILES string of the molecule is CC(C)(CC(=O)O)NC(=O)c1ccc([NH+]([O-])O)cc1. The van der Waals surface area contributed by atoms with Gasteiger partial charge >= 0.3 is 5.97 Å². The molecule has 1 aromatic rings. The smallest absolute Gasteiger partial charge is 0.305 e. The lowest BCUT2D eigenvalue weighted by Gasteiger charge is -2.24. The summed E-state index contributed by atoms with van der Waals surface area (Å²) in [4.78, 5) is 22.5. The lowest BCUT2D eigenvalue weighted by atomic mass is 10.00. The number of quaternary nitrogens is 1. The van der Waals surface area contributed by atoms with Crippen LogP contribution in [0.15, 0.2) is 24.3 Å². The number of nitrogens with one attached hydrogen (secondary N) is 2. The monoisotopic (exact) mass is 268 g/mol. The van der Waals surface area contributed by atoms with Crippen molar-refractivity contribution in [3.05, 3.63) is 35.0 Å². The van der Waals surface area contributed by atoms with Crippen molar-refractivity contribution in [2.24, 2.45) is 0 Å². The maximum atomic E-state index is 11.9. The van der Waals surface area contributed by atoms with E-state index in [1.54, 1.807) is 13.8 Å². The zero-order valence-corrected chi connectivity index (χ0v) is 10.6. The zero-order chi connectivity index (χ0) is 14.6. The number of hydrogen-bond acceptors (Lipinski definition) is 4. The van der Waals surface area contributed by atoms with Crippen LogP contribution < -0.4 is 10.5 Å². The summed E-state index contributed by atoms with van der Waals surface area (Å²) >= 11 is 0. The molecule has 0 heterocycles. The Kier molecular flexibility index (Phi) is 4.60. The Morgan fingerprint density at radius 3 is 2.26 bits per heavy atom. The molecule has 7 heteroatoms. The molecule has 19 heavy (non-hydrogen) atoms. The first-order valence-corrected chi connectivity index (χ1v) is 5.59. The molecule has 0 radical (unpaired) electrons. The second kappa shape index (κ2) is 5.79. The molecule has 1 rings (SSSR count). The number of carbonyl (C=O) groups is 2. The molecule has 0 saturated heterocycles. The number of carboxylic acids is 1. The van der Waals surface area contributed by atoms with Crippen LogP contribution in [0.3, 0.4) is 0 Å². The van der Waals surface area contributed by atoms with E-state index in [1.165, 1.54) is 24.3 Å². The van der Waals surface area contributed by atoms with Gasteiger partial charge in [0, 0.05) is 23.2 Å². The minimum Gasteiger partial charge on any atom is -0.595 e. The van der Waals surface area contributed by atoms with E-state index in [1.807, 2.05) is 0 Å². The third kappa shape index (κ3) is 4.66. The van der Waals surface area contributed by atoms with Gasteiger partial charge in [0.2, 0.25) is 0 Å². The van der Waals surface area contributed by atoms with Crippen molar-refractivity contribution in [2.75, 3.05) is 0 Å². The van der Waals surface area contributed by atoms with Gasteiger partial charge in [-0.05, 0) is 26.0 Å². The van der Waals surface area contributed by atoms with Crippen molar-refractivity contribution < 1.29 is 25.1 Å². The summed E-state index contributed by atoms with van der Waals surface area (Å²) in [6, 6.07) is 5.41. The highest BCUT2D eigenvalue weighted by Crippen LogP contribution is 2.11. The first-order valence-electron chi connectivity index (χ1n) is 5.59. The number of carboxylic acid groups (broad SMARTS) is 1. The normalized spacial score (nSPS) is 12.8. The Balaban J connectivity index is 2.75. The molecular weight excluding hydrogens is 252 g/mol. The van der Waals surface area contributed by atoms with Crippen LogP contribution in [0.1, 0.15) is 30.6 Å².